The minimum Gasteiger partial charge on any atom is -0.326 e. The summed E-state index contributed by atoms with van der Waals surface area (Å²) >= 11 is 0. The summed E-state index contributed by atoms with van der Waals surface area (Å²) in [4.78, 5) is 14.9. The number of amides is 1. The Morgan fingerprint density at radius 2 is 1.68 bits per heavy atom. The van der Waals surface area contributed by atoms with E-state index in [1.807, 2.05) is 6.07 Å². The maximum Gasteiger partial charge on any atom is 0.224 e. The summed E-state index contributed by atoms with van der Waals surface area (Å²) in [7, 11) is 0. The molecule has 25 heavy (non-hydrogen) atoms. The SMILES string of the molecule is O=C1CCC2(CCN(C3CC4CCC(C4)C3)CC2)c2ccccc2N1. The van der Waals surface area contributed by atoms with Gasteiger partial charge in [-0.05, 0) is 75.1 Å². The van der Waals surface area contributed by atoms with Crippen molar-refractivity contribution in [2.45, 2.75) is 69.2 Å². The molecule has 2 saturated carbocycles. The van der Waals surface area contributed by atoms with Crippen LogP contribution in [0, 0.1) is 11.8 Å². The second-order valence-electron chi connectivity index (χ2n) is 9.08. The lowest BCUT2D eigenvalue weighted by Crippen LogP contribution is -2.48. The van der Waals surface area contributed by atoms with Crippen molar-refractivity contribution < 1.29 is 4.79 Å². The lowest BCUT2D eigenvalue weighted by molar-refractivity contribution is -0.116. The molecule has 1 aromatic rings. The molecule has 134 valence electrons. The largest absolute Gasteiger partial charge is 0.326 e. The molecule has 2 atom stereocenters. The average Bonchev–Trinajstić information content (AvgIpc) is 2.91. The van der Waals surface area contributed by atoms with Crippen LogP contribution in [0.2, 0.25) is 0 Å². The van der Waals surface area contributed by atoms with Crippen molar-refractivity contribution in [3.63, 3.8) is 0 Å². The highest BCUT2D eigenvalue weighted by Gasteiger charge is 2.43. The molecule has 2 bridgehead atoms. The number of nitrogens with one attached hydrogen (secondary N) is 1. The van der Waals surface area contributed by atoms with Crippen molar-refractivity contribution >= 4 is 11.6 Å². The Kier molecular flexibility index (Phi) is 3.89. The van der Waals surface area contributed by atoms with Crippen molar-refractivity contribution in [1.29, 1.82) is 0 Å². The molecule has 3 nitrogen and oxygen atoms in total. The van der Waals surface area contributed by atoms with Gasteiger partial charge < -0.3 is 10.2 Å². The van der Waals surface area contributed by atoms with E-state index in [1.54, 1.807) is 0 Å². The van der Waals surface area contributed by atoms with Gasteiger partial charge >= 0.3 is 0 Å². The summed E-state index contributed by atoms with van der Waals surface area (Å²) in [6.45, 7) is 2.43. The van der Waals surface area contributed by atoms with Gasteiger partial charge in [0, 0.05) is 23.6 Å². The lowest BCUT2D eigenvalue weighted by atomic mass is 9.69. The van der Waals surface area contributed by atoms with Crippen molar-refractivity contribution in [3.05, 3.63) is 29.8 Å². The van der Waals surface area contributed by atoms with E-state index < -0.39 is 0 Å². The Bertz CT molecular complexity index is 650. The zero-order chi connectivity index (χ0) is 16.9. The fourth-order valence-corrected chi connectivity index (χ4v) is 6.36. The normalized spacial score (nSPS) is 34.4. The second kappa shape index (κ2) is 6.12. The van der Waals surface area contributed by atoms with Gasteiger partial charge in [-0.25, -0.2) is 0 Å². The maximum atomic E-state index is 12.1. The minimum atomic E-state index is 0.190. The quantitative estimate of drug-likeness (QED) is 0.826. The van der Waals surface area contributed by atoms with Crippen LogP contribution in [0.4, 0.5) is 5.69 Å². The van der Waals surface area contributed by atoms with E-state index >= 15 is 0 Å². The smallest absolute Gasteiger partial charge is 0.224 e. The second-order valence-corrected chi connectivity index (χ2v) is 9.08. The molecule has 2 unspecified atom stereocenters. The maximum absolute atomic E-state index is 12.1. The number of hydrogen-bond acceptors (Lipinski definition) is 2. The average molecular weight is 338 g/mol. The van der Waals surface area contributed by atoms with Gasteiger partial charge in [-0.15, -0.1) is 0 Å². The first-order valence-electron chi connectivity index (χ1n) is 10.4. The van der Waals surface area contributed by atoms with Gasteiger partial charge in [0.1, 0.15) is 0 Å². The molecule has 1 amide bonds. The highest BCUT2D eigenvalue weighted by atomic mass is 16.1. The van der Waals surface area contributed by atoms with Crippen LogP contribution in [0.5, 0.6) is 0 Å². The van der Waals surface area contributed by atoms with Crippen LogP contribution in [0.25, 0.3) is 0 Å². The van der Waals surface area contributed by atoms with E-state index in [1.165, 1.54) is 63.6 Å². The lowest BCUT2D eigenvalue weighted by Gasteiger charge is -2.46. The molecule has 3 fully saturated rings. The van der Waals surface area contributed by atoms with E-state index in [-0.39, 0.29) is 11.3 Å². The van der Waals surface area contributed by atoms with Crippen LogP contribution in [0.3, 0.4) is 0 Å². The monoisotopic (exact) mass is 338 g/mol. The van der Waals surface area contributed by atoms with Gasteiger partial charge in [-0.3, -0.25) is 4.79 Å². The number of carbonyl (C=O) groups excluding carboxylic acids is 1. The van der Waals surface area contributed by atoms with Crippen molar-refractivity contribution in [2.24, 2.45) is 11.8 Å². The van der Waals surface area contributed by atoms with E-state index in [2.05, 4.69) is 28.4 Å². The number of nitrogens with zero attached hydrogens (tertiary/aromatic N) is 1. The van der Waals surface area contributed by atoms with Gasteiger partial charge in [-0.2, -0.15) is 0 Å². The van der Waals surface area contributed by atoms with Crippen molar-refractivity contribution in [2.75, 3.05) is 18.4 Å². The first-order valence-corrected chi connectivity index (χ1v) is 10.4. The molecule has 4 aliphatic rings. The fourth-order valence-electron chi connectivity index (χ4n) is 6.36. The predicted octanol–water partition coefficient (Wildman–Crippen LogP) is 4.33. The number of benzene rings is 1. The Balaban J connectivity index is 1.34. The van der Waals surface area contributed by atoms with Crippen LogP contribution in [-0.4, -0.2) is 29.9 Å². The van der Waals surface area contributed by atoms with E-state index in [0.717, 1.165) is 30.0 Å². The molecule has 1 spiro atoms. The molecule has 5 rings (SSSR count). The molecule has 2 heterocycles. The van der Waals surface area contributed by atoms with Crippen LogP contribution in [0.15, 0.2) is 24.3 Å². The number of carbonyl (C=O) groups is 1. The summed E-state index contributed by atoms with van der Waals surface area (Å²) in [5, 5.41) is 3.14. The molecule has 1 aromatic carbocycles. The number of piperidine rings is 1. The number of para-hydroxylation sites is 1. The zero-order valence-corrected chi connectivity index (χ0v) is 15.2. The minimum absolute atomic E-state index is 0.190. The summed E-state index contributed by atoms with van der Waals surface area (Å²) in [6.07, 6.45) is 11.5. The molecule has 1 N–H and O–H groups in total. The van der Waals surface area contributed by atoms with Gasteiger partial charge in [0.2, 0.25) is 5.91 Å². The first-order chi connectivity index (χ1) is 12.2. The number of fused-ring (bicyclic) bond motifs is 4. The van der Waals surface area contributed by atoms with Crippen LogP contribution >= 0.6 is 0 Å². The molecule has 0 radical (unpaired) electrons. The van der Waals surface area contributed by atoms with E-state index in [0.29, 0.717) is 6.42 Å². The topological polar surface area (TPSA) is 32.3 Å². The molecule has 1 saturated heterocycles. The molecule has 2 aliphatic carbocycles. The zero-order valence-electron chi connectivity index (χ0n) is 15.2. The van der Waals surface area contributed by atoms with Gasteiger partial charge in [-0.1, -0.05) is 31.0 Å². The summed E-state index contributed by atoms with van der Waals surface area (Å²) in [6, 6.07) is 9.38. The van der Waals surface area contributed by atoms with Crippen molar-refractivity contribution in [1.82, 2.24) is 4.90 Å². The molecule has 2 aliphatic heterocycles. The van der Waals surface area contributed by atoms with Gasteiger partial charge in [0.15, 0.2) is 0 Å². The Morgan fingerprint density at radius 3 is 2.44 bits per heavy atom. The van der Waals surface area contributed by atoms with Gasteiger partial charge in [0.05, 0.1) is 0 Å². The van der Waals surface area contributed by atoms with Crippen LogP contribution in [-0.2, 0) is 10.2 Å². The Hall–Kier alpha value is -1.35. The third-order valence-corrected chi connectivity index (χ3v) is 7.74. The molecular formula is C22H30N2O. The Morgan fingerprint density at radius 1 is 0.960 bits per heavy atom. The fraction of sp³-hybridized carbons (Fsp3) is 0.682. The third-order valence-electron chi connectivity index (χ3n) is 7.74. The predicted molar refractivity (Wildman–Crippen MR) is 101 cm³/mol. The number of likely N-dealkylation sites (tertiary alicyclic amines) is 1. The first kappa shape index (κ1) is 15.9. The Labute approximate surface area is 151 Å². The highest BCUT2D eigenvalue weighted by Crippen LogP contribution is 2.47. The van der Waals surface area contributed by atoms with Gasteiger partial charge in [0.25, 0.3) is 0 Å². The third kappa shape index (κ3) is 2.81. The van der Waals surface area contributed by atoms with E-state index in [9.17, 15) is 4.79 Å². The summed E-state index contributed by atoms with van der Waals surface area (Å²) in [5.41, 5.74) is 2.67. The molecule has 0 aromatic heterocycles. The molecular weight excluding hydrogens is 308 g/mol. The number of rotatable bonds is 1. The van der Waals surface area contributed by atoms with E-state index in [4.69, 9.17) is 0 Å². The summed E-state index contributed by atoms with van der Waals surface area (Å²) in [5.74, 6) is 2.22. The molecule has 3 heteroatoms. The van der Waals surface area contributed by atoms with Crippen LogP contribution in [0.1, 0.15) is 63.4 Å². The highest BCUT2D eigenvalue weighted by molar-refractivity contribution is 5.92. The summed E-state index contributed by atoms with van der Waals surface area (Å²) < 4.78 is 0. The van der Waals surface area contributed by atoms with Crippen molar-refractivity contribution in [3.8, 4) is 0 Å². The number of hydrogen-bond donors (Lipinski definition) is 1. The van der Waals surface area contributed by atoms with Crippen LogP contribution < -0.4 is 5.32 Å². The number of anilines is 1. The standard InChI is InChI=1S/C22H30N2O/c25-21-7-8-22(19-3-1-2-4-20(19)23-21)9-11-24(12-10-22)18-14-16-5-6-17(13-16)15-18/h1-4,16-18H,5-15H2,(H,23,25).